The summed E-state index contributed by atoms with van der Waals surface area (Å²) < 4.78 is 0. The fourth-order valence-corrected chi connectivity index (χ4v) is 2.20. The lowest BCUT2D eigenvalue weighted by Crippen LogP contribution is -2.14. The number of benzene rings is 2. The molecule has 2 aromatic rings. The van der Waals surface area contributed by atoms with Gasteiger partial charge >= 0.3 is 0 Å². The van der Waals surface area contributed by atoms with Gasteiger partial charge in [-0.1, -0.05) is 24.3 Å². The van der Waals surface area contributed by atoms with Gasteiger partial charge in [-0.3, -0.25) is 0 Å². The summed E-state index contributed by atoms with van der Waals surface area (Å²) in [6.07, 6.45) is 0. The van der Waals surface area contributed by atoms with E-state index in [0.717, 1.165) is 11.3 Å². The molecule has 1 atom stereocenters. The maximum absolute atomic E-state index is 6.35. The summed E-state index contributed by atoms with van der Waals surface area (Å²) in [4.78, 5) is 0. The van der Waals surface area contributed by atoms with Crippen LogP contribution in [-0.4, -0.2) is 0 Å². The fraction of sp³-hybridized carbons (Fsp3) is 0.250. The molecule has 1 unspecified atom stereocenters. The van der Waals surface area contributed by atoms with Gasteiger partial charge in [-0.15, -0.1) is 0 Å². The molecule has 2 heteroatoms. The van der Waals surface area contributed by atoms with Crippen molar-refractivity contribution in [2.24, 2.45) is 5.73 Å². The predicted octanol–water partition coefficient (Wildman–Crippen LogP) is 3.24. The van der Waals surface area contributed by atoms with Crippen LogP contribution in [0, 0.1) is 20.8 Å². The quantitative estimate of drug-likeness (QED) is 0.792. The van der Waals surface area contributed by atoms with Crippen LogP contribution < -0.4 is 11.5 Å². The Morgan fingerprint density at radius 1 is 0.833 bits per heavy atom. The van der Waals surface area contributed by atoms with Crippen LogP contribution >= 0.6 is 0 Å². The summed E-state index contributed by atoms with van der Waals surface area (Å²) in [6.45, 7) is 6.40. The maximum atomic E-state index is 6.35. The average molecular weight is 240 g/mol. The lowest BCUT2D eigenvalue weighted by molar-refractivity contribution is 0.857. The third kappa shape index (κ3) is 2.24. The molecular weight excluding hydrogens is 220 g/mol. The Morgan fingerprint density at radius 2 is 1.44 bits per heavy atom. The van der Waals surface area contributed by atoms with Crippen LogP contribution in [-0.2, 0) is 0 Å². The van der Waals surface area contributed by atoms with Crippen molar-refractivity contribution in [1.82, 2.24) is 0 Å². The summed E-state index contributed by atoms with van der Waals surface area (Å²) in [5.41, 5.74) is 19.0. The van der Waals surface area contributed by atoms with Gasteiger partial charge in [-0.25, -0.2) is 0 Å². The standard InChI is InChI=1S/C16H20N2/c1-10-4-9-15(12(3)11(10)2)16(18)13-5-7-14(17)8-6-13/h4-9,16H,17-18H2,1-3H3. The third-order valence-corrected chi connectivity index (χ3v) is 3.73. The van der Waals surface area contributed by atoms with Crippen molar-refractivity contribution < 1.29 is 0 Å². The Balaban J connectivity index is 2.43. The number of rotatable bonds is 2. The largest absolute Gasteiger partial charge is 0.399 e. The molecule has 0 fully saturated rings. The van der Waals surface area contributed by atoms with Crippen molar-refractivity contribution in [3.05, 3.63) is 64.2 Å². The van der Waals surface area contributed by atoms with E-state index in [2.05, 4.69) is 32.9 Å². The van der Waals surface area contributed by atoms with Crippen LogP contribution in [0.2, 0.25) is 0 Å². The second-order valence-corrected chi connectivity index (χ2v) is 4.87. The molecule has 0 amide bonds. The van der Waals surface area contributed by atoms with Gasteiger partial charge in [0.15, 0.2) is 0 Å². The second-order valence-electron chi connectivity index (χ2n) is 4.87. The fourth-order valence-electron chi connectivity index (χ4n) is 2.20. The van der Waals surface area contributed by atoms with Crippen molar-refractivity contribution in [3.63, 3.8) is 0 Å². The number of hydrogen-bond donors (Lipinski definition) is 2. The molecule has 2 rings (SSSR count). The molecule has 0 aliphatic heterocycles. The monoisotopic (exact) mass is 240 g/mol. The minimum absolute atomic E-state index is 0.0927. The van der Waals surface area contributed by atoms with E-state index in [1.54, 1.807) is 0 Å². The molecule has 0 bridgehead atoms. The molecule has 0 aromatic heterocycles. The zero-order chi connectivity index (χ0) is 13.3. The zero-order valence-corrected chi connectivity index (χ0v) is 11.2. The van der Waals surface area contributed by atoms with Crippen molar-refractivity contribution in [3.8, 4) is 0 Å². The van der Waals surface area contributed by atoms with Gasteiger partial charge in [0.1, 0.15) is 0 Å². The highest BCUT2D eigenvalue weighted by Crippen LogP contribution is 2.26. The van der Waals surface area contributed by atoms with E-state index in [-0.39, 0.29) is 6.04 Å². The number of nitrogens with two attached hydrogens (primary N) is 2. The molecule has 0 saturated heterocycles. The first-order valence-corrected chi connectivity index (χ1v) is 6.18. The first-order chi connectivity index (χ1) is 8.50. The van der Waals surface area contributed by atoms with Gasteiger partial charge in [0.05, 0.1) is 6.04 Å². The van der Waals surface area contributed by atoms with Crippen molar-refractivity contribution in [2.45, 2.75) is 26.8 Å². The Labute approximate surface area is 109 Å². The lowest BCUT2D eigenvalue weighted by Gasteiger charge is -2.18. The van der Waals surface area contributed by atoms with Crippen LogP contribution in [0.5, 0.6) is 0 Å². The van der Waals surface area contributed by atoms with Crippen LogP contribution in [0.15, 0.2) is 36.4 Å². The molecule has 0 saturated carbocycles. The van der Waals surface area contributed by atoms with Crippen molar-refractivity contribution >= 4 is 5.69 Å². The molecule has 4 N–H and O–H groups in total. The zero-order valence-electron chi connectivity index (χ0n) is 11.2. The van der Waals surface area contributed by atoms with E-state index in [1.807, 2.05) is 24.3 Å². The molecule has 18 heavy (non-hydrogen) atoms. The van der Waals surface area contributed by atoms with E-state index in [1.165, 1.54) is 22.3 Å². The lowest BCUT2D eigenvalue weighted by atomic mass is 9.91. The first-order valence-electron chi connectivity index (χ1n) is 6.18. The van der Waals surface area contributed by atoms with Crippen molar-refractivity contribution in [2.75, 3.05) is 5.73 Å². The Morgan fingerprint density at radius 3 is 2.06 bits per heavy atom. The Bertz CT molecular complexity index is 556. The van der Waals surface area contributed by atoms with Gasteiger partial charge < -0.3 is 11.5 Å². The smallest absolute Gasteiger partial charge is 0.0554 e. The molecule has 0 heterocycles. The summed E-state index contributed by atoms with van der Waals surface area (Å²) in [5.74, 6) is 0. The molecule has 94 valence electrons. The van der Waals surface area contributed by atoms with Gasteiger partial charge in [0.2, 0.25) is 0 Å². The number of hydrogen-bond acceptors (Lipinski definition) is 2. The number of anilines is 1. The average Bonchev–Trinajstić information content (AvgIpc) is 2.36. The molecule has 0 aliphatic carbocycles. The van der Waals surface area contributed by atoms with E-state index in [9.17, 15) is 0 Å². The topological polar surface area (TPSA) is 52.0 Å². The van der Waals surface area contributed by atoms with Gasteiger partial charge in [0.25, 0.3) is 0 Å². The molecule has 2 nitrogen and oxygen atoms in total. The summed E-state index contributed by atoms with van der Waals surface area (Å²) in [7, 11) is 0. The normalized spacial score (nSPS) is 12.4. The van der Waals surface area contributed by atoms with E-state index >= 15 is 0 Å². The highest BCUT2D eigenvalue weighted by molar-refractivity contribution is 5.46. The summed E-state index contributed by atoms with van der Waals surface area (Å²) in [6, 6.07) is 11.9. The predicted molar refractivity (Wildman–Crippen MR) is 77.5 cm³/mol. The second kappa shape index (κ2) is 4.83. The highest BCUT2D eigenvalue weighted by atomic mass is 14.6. The maximum Gasteiger partial charge on any atom is 0.0554 e. The molecule has 0 spiro atoms. The molecule has 0 aliphatic rings. The molecule has 2 aromatic carbocycles. The Kier molecular flexibility index (Phi) is 3.39. The van der Waals surface area contributed by atoms with Gasteiger partial charge in [-0.05, 0) is 60.7 Å². The van der Waals surface area contributed by atoms with Crippen molar-refractivity contribution in [1.29, 1.82) is 0 Å². The van der Waals surface area contributed by atoms with Gasteiger partial charge in [-0.2, -0.15) is 0 Å². The number of aryl methyl sites for hydroxylation is 1. The van der Waals surface area contributed by atoms with Crippen LogP contribution in [0.4, 0.5) is 5.69 Å². The van der Waals surface area contributed by atoms with Crippen LogP contribution in [0.3, 0.4) is 0 Å². The first kappa shape index (κ1) is 12.7. The summed E-state index contributed by atoms with van der Waals surface area (Å²) in [5, 5.41) is 0. The number of nitrogen functional groups attached to an aromatic ring is 1. The van der Waals surface area contributed by atoms with E-state index < -0.39 is 0 Å². The highest BCUT2D eigenvalue weighted by Gasteiger charge is 2.13. The minimum atomic E-state index is -0.0927. The molecule has 0 radical (unpaired) electrons. The van der Waals surface area contributed by atoms with E-state index in [4.69, 9.17) is 11.5 Å². The third-order valence-electron chi connectivity index (χ3n) is 3.73. The van der Waals surface area contributed by atoms with E-state index in [0.29, 0.717) is 0 Å². The Hall–Kier alpha value is -1.80. The minimum Gasteiger partial charge on any atom is -0.399 e. The van der Waals surface area contributed by atoms with Crippen LogP contribution in [0.25, 0.3) is 0 Å². The molecular formula is C16H20N2. The van der Waals surface area contributed by atoms with Gasteiger partial charge in [0, 0.05) is 5.69 Å². The van der Waals surface area contributed by atoms with Crippen LogP contribution in [0.1, 0.15) is 33.9 Å². The summed E-state index contributed by atoms with van der Waals surface area (Å²) >= 11 is 0. The SMILES string of the molecule is Cc1ccc(C(N)c2ccc(N)cc2)c(C)c1C.